The molecule has 0 aliphatic heterocycles. The second kappa shape index (κ2) is 7.33. The first-order valence-electron chi connectivity index (χ1n) is 7.48. The fraction of sp³-hybridized carbons (Fsp3) is 0.167. The van der Waals surface area contributed by atoms with Crippen molar-refractivity contribution in [3.63, 3.8) is 0 Å². The van der Waals surface area contributed by atoms with Crippen LogP contribution in [0.5, 0.6) is 0 Å². The number of anilines is 1. The summed E-state index contributed by atoms with van der Waals surface area (Å²) >= 11 is 3.41. The van der Waals surface area contributed by atoms with Crippen LogP contribution in [0.4, 0.5) is 5.69 Å². The average Bonchev–Trinajstić information content (AvgIpc) is 2.98. The van der Waals surface area contributed by atoms with Crippen molar-refractivity contribution < 1.29 is 9.21 Å². The zero-order chi connectivity index (χ0) is 16.1. The molecule has 0 aliphatic carbocycles. The molecule has 1 heterocycles. The van der Waals surface area contributed by atoms with Gasteiger partial charge in [-0.2, -0.15) is 0 Å². The normalized spacial score (nSPS) is 10.7. The molecule has 1 aromatic heterocycles. The van der Waals surface area contributed by atoms with Crippen LogP contribution in [0.3, 0.4) is 0 Å². The molecule has 2 aromatic carbocycles. The number of para-hydroxylation sites is 1. The minimum absolute atomic E-state index is 0.183. The highest BCUT2D eigenvalue weighted by Crippen LogP contribution is 2.23. The lowest BCUT2D eigenvalue weighted by molar-refractivity contribution is 0.0928. The number of nitrogens with one attached hydrogen (secondary N) is 2. The van der Waals surface area contributed by atoms with Crippen LogP contribution >= 0.6 is 15.9 Å². The first kappa shape index (κ1) is 15.6. The molecule has 3 aromatic rings. The summed E-state index contributed by atoms with van der Waals surface area (Å²) in [6.07, 6.45) is 0.840. The summed E-state index contributed by atoms with van der Waals surface area (Å²) < 4.78 is 6.53. The molecule has 4 nitrogen and oxygen atoms in total. The number of rotatable bonds is 6. The molecular weight excluding hydrogens is 356 g/mol. The Hall–Kier alpha value is -2.27. The third-order valence-corrected chi connectivity index (χ3v) is 3.94. The fourth-order valence-corrected chi connectivity index (χ4v) is 2.67. The van der Waals surface area contributed by atoms with Crippen molar-refractivity contribution in [1.82, 2.24) is 5.32 Å². The minimum atomic E-state index is -0.183. The summed E-state index contributed by atoms with van der Waals surface area (Å²) in [5, 5.41) is 7.09. The predicted octanol–water partition coefficient (Wildman–Crippen LogP) is 4.43. The third-order valence-electron chi connectivity index (χ3n) is 3.44. The number of furan rings is 1. The van der Waals surface area contributed by atoms with Gasteiger partial charge in [-0.05, 0) is 42.8 Å². The summed E-state index contributed by atoms with van der Waals surface area (Å²) in [5.74, 6) is 0.158. The molecule has 23 heavy (non-hydrogen) atoms. The van der Waals surface area contributed by atoms with Gasteiger partial charge in [0.25, 0.3) is 5.91 Å². The van der Waals surface area contributed by atoms with Crippen LogP contribution in [0.15, 0.2) is 63.5 Å². The predicted molar refractivity (Wildman–Crippen MR) is 95.8 cm³/mol. The molecule has 3 rings (SSSR count). The first-order valence-corrected chi connectivity index (χ1v) is 8.28. The molecule has 2 N–H and O–H groups in total. The highest BCUT2D eigenvalue weighted by molar-refractivity contribution is 9.10. The number of carbonyl (C=O) groups is 1. The quantitative estimate of drug-likeness (QED) is 0.629. The van der Waals surface area contributed by atoms with E-state index in [1.807, 2.05) is 48.5 Å². The fourth-order valence-electron chi connectivity index (χ4n) is 2.29. The number of amides is 1. The van der Waals surface area contributed by atoms with Crippen molar-refractivity contribution >= 4 is 38.5 Å². The monoisotopic (exact) mass is 372 g/mol. The third kappa shape index (κ3) is 4.13. The van der Waals surface area contributed by atoms with Gasteiger partial charge in [0.05, 0.1) is 0 Å². The first-order chi connectivity index (χ1) is 11.2. The zero-order valence-electron chi connectivity index (χ0n) is 12.5. The van der Waals surface area contributed by atoms with Gasteiger partial charge in [-0.15, -0.1) is 0 Å². The number of halogens is 1. The van der Waals surface area contributed by atoms with Gasteiger partial charge >= 0.3 is 0 Å². The average molecular weight is 373 g/mol. The summed E-state index contributed by atoms with van der Waals surface area (Å²) in [6, 6.07) is 17.4. The van der Waals surface area contributed by atoms with Crippen molar-refractivity contribution in [2.75, 3.05) is 18.4 Å². The van der Waals surface area contributed by atoms with E-state index in [1.165, 1.54) is 0 Å². The molecular formula is C18H17BrN2O2. The Kier molecular flexibility index (Phi) is 4.98. The van der Waals surface area contributed by atoms with Gasteiger partial charge in [0.2, 0.25) is 0 Å². The van der Waals surface area contributed by atoms with Crippen molar-refractivity contribution in [3.8, 4) is 0 Å². The van der Waals surface area contributed by atoms with Crippen LogP contribution < -0.4 is 10.6 Å². The number of benzene rings is 2. The molecule has 1 amide bonds. The lowest BCUT2D eigenvalue weighted by Crippen LogP contribution is -2.25. The molecule has 0 fully saturated rings. The number of fused-ring (bicyclic) bond motifs is 1. The van der Waals surface area contributed by atoms with E-state index in [1.54, 1.807) is 6.07 Å². The van der Waals surface area contributed by atoms with Crippen molar-refractivity contribution in [2.24, 2.45) is 0 Å². The highest BCUT2D eigenvalue weighted by atomic mass is 79.9. The molecule has 118 valence electrons. The van der Waals surface area contributed by atoms with Gasteiger partial charge in [0.1, 0.15) is 5.58 Å². The molecule has 0 saturated carbocycles. The summed E-state index contributed by atoms with van der Waals surface area (Å²) in [6.45, 7) is 1.40. The molecule has 0 spiro atoms. The molecule has 0 atom stereocenters. The van der Waals surface area contributed by atoms with Crippen LogP contribution in [-0.4, -0.2) is 19.0 Å². The topological polar surface area (TPSA) is 54.3 Å². The summed E-state index contributed by atoms with van der Waals surface area (Å²) in [4.78, 5) is 12.1. The lowest BCUT2D eigenvalue weighted by Gasteiger charge is -2.06. The highest BCUT2D eigenvalue weighted by Gasteiger charge is 2.11. The van der Waals surface area contributed by atoms with E-state index in [0.717, 1.165) is 28.5 Å². The Morgan fingerprint density at radius 1 is 1.04 bits per heavy atom. The van der Waals surface area contributed by atoms with Gasteiger partial charge in [-0.25, -0.2) is 0 Å². The summed E-state index contributed by atoms with van der Waals surface area (Å²) in [7, 11) is 0. The van der Waals surface area contributed by atoms with Gasteiger partial charge < -0.3 is 15.1 Å². The standard InChI is InChI=1S/C18H17BrN2O2/c19-14-7-8-16-13(11-14)12-17(23-16)18(22)21-10-4-9-20-15-5-2-1-3-6-15/h1-3,5-8,11-12,20H,4,9-10H2,(H,21,22). The lowest BCUT2D eigenvalue weighted by atomic mass is 10.2. The zero-order valence-corrected chi connectivity index (χ0v) is 14.1. The number of hydrogen-bond donors (Lipinski definition) is 2. The molecule has 0 aliphatic rings. The van der Waals surface area contributed by atoms with Crippen molar-refractivity contribution in [2.45, 2.75) is 6.42 Å². The Bertz CT molecular complexity index is 799. The van der Waals surface area contributed by atoms with E-state index in [-0.39, 0.29) is 5.91 Å². The molecule has 0 unspecified atom stereocenters. The maximum absolute atomic E-state index is 12.1. The van der Waals surface area contributed by atoms with Crippen LogP contribution in [0, 0.1) is 0 Å². The molecule has 0 radical (unpaired) electrons. The second-order valence-electron chi connectivity index (χ2n) is 5.20. The summed E-state index contributed by atoms with van der Waals surface area (Å²) in [5.41, 5.74) is 1.80. The van der Waals surface area contributed by atoms with Crippen LogP contribution in [0.2, 0.25) is 0 Å². The largest absolute Gasteiger partial charge is 0.451 e. The van der Waals surface area contributed by atoms with Gasteiger partial charge in [0.15, 0.2) is 5.76 Å². The Labute approximate surface area is 143 Å². The van der Waals surface area contributed by atoms with E-state index in [0.29, 0.717) is 17.9 Å². The van der Waals surface area contributed by atoms with Crippen LogP contribution in [-0.2, 0) is 0 Å². The number of carbonyl (C=O) groups excluding carboxylic acids is 1. The molecule has 5 heteroatoms. The van der Waals surface area contributed by atoms with Crippen molar-refractivity contribution in [3.05, 3.63) is 64.8 Å². The Morgan fingerprint density at radius 2 is 1.87 bits per heavy atom. The van der Waals surface area contributed by atoms with Crippen LogP contribution in [0.25, 0.3) is 11.0 Å². The van der Waals surface area contributed by atoms with E-state index in [2.05, 4.69) is 26.6 Å². The second-order valence-corrected chi connectivity index (χ2v) is 6.11. The van der Waals surface area contributed by atoms with E-state index in [9.17, 15) is 4.79 Å². The van der Waals surface area contributed by atoms with E-state index < -0.39 is 0 Å². The molecule has 0 saturated heterocycles. The van der Waals surface area contributed by atoms with Gasteiger partial charge in [-0.3, -0.25) is 4.79 Å². The Balaban J connectivity index is 1.47. The smallest absolute Gasteiger partial charge is 0.287 e. The van der Waals surface area contributed by atoms with Gasteiger partial charge in [-0.1, -0.05) is 34.1 Å². The van der Waals surface area contributed by atoms with E-state index in [4.69, 9.17) is 4.42 Å². The molecule has 0 bridgehead atoms. The minimum Gasteiger partial charge on any atom is -0.451 e. The SMILES string of the molecule is O=C(NCCCNc1ccccc1)c1cc2cc(Br)ccc2o1. The maximum atomic E-state index is 12.1. The van der Waals surface area contributed by atoms with E-state index >= 15 is 0 Å². The van der Waals surface area contributed by atoms with Gasteiger partial charge in [0, 0.05) is 28.6 Å². The van der Waals surface area contributed by atoms with Crippen LogP contribution in [0.1, 0.15) is 17.0 Å². The van der Waals surface area contributed by atoms with Crippen molar-refractivity contribution in [1.29, 1.82) is 0 Å². The number of hydrogen-bond acceptors (Lipinski definition) is 3. The maximum Gasteiger partial charge on any atom is 0.287 e. The Morgan fingerprint density at radius 3 is 2.70 bits per heavy atom.